The fraction of sp³-hybridized carbons (Fsp3) is 0.100. The number of ether oxygens (including phenoxy) is 2. The van der Waals surface area contributed by atoms with Gasteiger partial charge in [0.1, 0.15) is 5.82 Å². The van der Waals surface area contributed by atoms with Crippen molar-refractivity contribution in [2.45, 2.75) is 0 Å². The first kappa shape index (κ1) is 18.5. The number of aromatic nitrogens is 1. The maximum atomic E-state index is 12.5. The minimum absolute atomic E-state index is 0.277. The number of carbonyl (C=O) groups excluding carboxylic acids is 1. The second-order valence-corrected chi connectivity index (χ2v) is 5.97. The van der Waals surface area contributed by atoms with E-state index in [2.05, 4.69) is 15.6 Å². The van der Waals surface area contributed by atoms with Gasteiger partial charge in [-0.05, 0) is 36.4 Å². The van der Waals surface area contributed by atoms with Crippen molar-refractivity contribution in [3.8, 4) is 11.5 Å². The van der Waals surface area contributed by atoms with Crippen molar-refractivity contribution in [1.29, 1.82) is 0 Å². The highest BCUT2D eigenvalue weighted by Crippen LogP contribution is 2.31. The van der Waals surface area contributed by atoms with Crippen molar-refractivity contribution in [3.63, 3.8) is 0 Å². The van der Waals surface area contributed by atoms with E-state index in [1.54, 1.807) is 68.9 Å². The van der Waals surface area contributed by atoms with Crippen LogP contribution in [0.3, 0.4) is 0 Å². The van der Waals surface area contributed by atoms with E-state index in [1.165, 1.54) is 0 Å². The Morgan fingerprint density at radius 2 is 1.78 bits per heavy atom. The molecule has 3 rings (SSSR count). The lowest BCUT2D eigenvalue weighted by Crippen LogP contribution is -2.12. The molecule has 138 valence electrons. The maximum absolute atomic E-state index is 12.5. The Bertz CT molecular complexity index is 963. The molecular formula is C20H18ClN3O3. The van der Waals surface area contributed by atoms with Gasteiger partial charge in [-0.25, -0.2) is 4.98 Å². The summed E-state index contributed by atoms with van der Waals surface area (Å²) < 4.78 is 10.5. The normalized spacial score (nSPS) is 10.2. The van der Waals surface area contributed by atoms with Gasteiger partial charge in [-0.1, -0.05) is 23.7 Å². The van der Waals surface area contributed by atoms with Crippen LogP contribution in [0.2, 0.25) is 5.02 Å². The number of para-hydroxylation sites is 1. The summed E-state index contributed by atoms with van der Waals surface area (Å²) in [6.07, 6.45) is 1.56. The molecule has 7 heteroatoms. The van der Waals surface area contributed by atoms with Crippen LogP contribution in [-0.2, 0) is 0 Å². The monoisotopic (exact) mass is 383 g/mol. The molecule has 6 nitrogen and oxygen atoms in total. The van der Waals surface area contributed by atoms with Crippen molar-refractivity contribution < 1.29 is 14.3 Å². The summed E-state index contributed by atoms with van der Waals surface area (Å²) in [6, 6.07) is 15.8. The minimum atomic E-state index is -0.277. The Labute approximate surface area is 162 Å². The third-order valence-corrected chi connectivity index (χ3v) is 4.13. The lowest BCUT2D eigenvalue weighted by molar-refractivity contribution is 0.102. The summed E-state index contributed by atoms with van der Waals surface area (Å²) in [5, 5.41) is 6.41. The van der Waals surface area contributed by atoms with Gasteiger partial charge in [0.2, 0.25) is 0 Å². The summed E-state index contributed by atoms with van der Waals surface area (Å²) in [7, 11) is 3.15. The highest BCUT2D eigenvalue weighted by atomic mass is 35.5. The molecule has 0 fully saturated rings. The van der Waals surface area contributed by atoms with E-state index in [-0.39, 0.29) is 5.91 Å². The molecule has 0 aliphatic rings. The van der Waals surface area contributed by atoms with Crippen LogP contribution in [0.1, 0.15) is 10.4 Å². The van der Waals surface area contributed by atoms with Gasteiger partial charge < -0.3 is 20.1 Å². The average Bonchev–Trinajstić information content (AvgIpc) is 2.69. The molecule has 1 amide bonds. The van der Waals surface area contributed by atoms with E-state index in [1.807, 2.05) is 6.07 Å². The molecule has 0 atom stereocenters. The smallest absolute Gasteiger partial charge is 0.255 e. The predicted molar refractivity (Wildman–Crippen MR) is 106 cm³/mol. The number of hydrogen-bond donors (Lipinski definition) is 2. The van der Waals surface area contributed by atoms with E-state index in [9.17, 15) is 4.79 Å². The quantitative estimate of drug-likeness (QED) is 0.642. The molecule has 3 aromatic rings. The van der Waals surface area contributed by atoms with E-state index in [4.69, 9.17) is 21.1 Å². The molecule has 0 saturated carbocycles. The first-order valence-corrected chi connectivity index (χ1v) is 8.49. The van der Waals surface area contributed by atoms with Gasteiger partial charge in [0.15, 0.2) is 11.5 Å². The number of hydrogen-bond acceptors (Lipinski definition) is 5. The van der Waals surface area contributed by atoms with E-state index < -0.39 is 0 Å². The Kier molecular flexibility index (Phi) is 5.78. The van der Waals surface area contributed by atoms with Gasteiger partial charge in [0.25, 0.3) is 5.91 Å². The molecule has 0 bridgehead atoms. The summed E-state index contributed by atoms with van der Waals surface area (Å²) in [4.78, 5) is 16.7. The zero-order valence-electron chi connectivity index (χ0n) is 14.8. The number of benzene rings is 2. The molecule has 1 heterocycles. The number of nitrogens with one attached hydrogen (secondary N) is 2. The number of anilines is 3. The minimum Gasteiger partial charge on any atom is -0.493 e. The molecule has 0 radical (unpaired) electrons. The third-order valence-electron chi connectivity index (χ3n) is 3.80. The number of carbonyl (C=O) groups is 1. The predicted octanol–water partition coefficient (Wildman–Crippen LogP) is 4.75. The van der Waals surface area contributed by atoms with Crippen LogP contribution >= 0.6 is 11.6 Å². The van der Waals surface area contributed by atoms with Gasteiger partial charge >= 0.3 is 0 Å². The average molecular weight is 384 g/mol. The van der Waals surface area contributed by atoms with Crippen molar-refractivity contribution in [2.24, 2.45) is 0 Å². The van der Waals surface area contributed by atoms with Crippen molar-refractivity contribution >= 4 is 34.7 Å². The molecule has 2 N–H and O–H groups in total. The first-order chi connectivity index (χ1) is 13.1. The third kappa shape index (κ3) is 4.48. The lowest BCUT2D eigenvalue weighted by atomic mass is 10.2. The fourth-order valence-corrected chi connectivity index (χ4v) is 2.64. The van der Waals surface area contributed by atoms with Crippen LogP contribution in [0, 0.1) is 0 Å². The van der Waals surface area contributed by atoms with Crippen LogP contribution in [0.25, 0.3) is 0 Å². The van der Waals surface area contributed by atoms with Crippen LogP contribution in [0.5, 0.6) is 11.5 Å². The Morgan fingerprint density at radius 3 is 2.52 bits per heavy atom. The summed E-state index contributed by atoms with van der Waals surface area (Å²) in [6.45, 7) is 0. The number of rotatable bonds is 6. The summed E-state index contributed by atoms with van der Waals surface area (Å²) in [5.74, 6) is 1.47. The van der Waals surface area contributed by atoms with Crippen LogP contribution in [0.15, 0.2) is 60.8 Å². The van der Waals surface area contributed by atoms with E-state index >= 15 is 0 Å². The lowest BCUT2D eigenvalue weighted by Gasteiger charge is -2.12. The zero-order chi connectivity index (χ0) is 19.2. The molecule has 2 aromatic carbocycles. The Morgan fingerprint density at radius 1 is 1.00 bits per heavy atom. The molecule has 1 aromatic heterocycles. The summed E-state index contributed by atoms with van der Waals surface area (Å²) >= 11 is 6.09. The van der Waals surface area contributed by atoms with Gasteiger partial charge in [0.05, 0.1) is 24.9 Å². The highest BCUT2D eigenvalue weighted by molar-refractivity contribution is 6.33. The van der Waals surface area contributed by atoms with Crippen molar-refractivity contribution in [1.82, 2.24) is 4.98 Å². The molecule has 0 saturated heterocycles. The van der Waals surface area contributed by atoms with Crippen LogP contribution in [0.4, 0.5) is 17.2 Å². The second-order valence-electron chi connectivity index (χ2n) is 5.56. The standard InChI is InChI=1S/C20H18ClN3O3/c1-26-17-8-7-14(12-18(17)27-2)23-19-11-13(9-10-22-19)20(25)24-16-6-4-3-5-15(16)21/h3-12H,1-2H3,(H,22,23)(H,24,25). The van der Waals surface area contributed by atoms with E-state index in [0.717, 1.165) is 5.69 Å². The SMILES string of the molecule is COc1ccc(Nc2cc(C(=O)Nc3ccccc3Cl)ccn2)cc1OC. The molecule has 0 unspecified atom stereocenters. The van der Waals surface area contributed by atoms with Gasteiger partial charge in [-0.2, -0.15) is 0 Å². The highest BCUT2D eigenvalue weighted by Gasteiger charge is 2.10. The fourth-order valence-electron chi connectivity index (χ4n) is 2.46. The van der Waals surface area contributed by atoms with Crippen molar-refractivity contribution in [2.75, 3.05) is 24.9 Å². The summed E-state index contributed by atoms with van der Waals surface area (Å²) in [5.41, 5.74) is 1.76. The molecule has 0 aliphatic heterocycles. The van der Waals surface area contributed by atoms with Gasteiger partial charge in [-0.15, -0.1) is 0 Å². The van der Waals surface area contributed by atoms with Gasteiger partial charge in [-0.3, -0.25) is 4.79 Å². The number of methoxy groups -OCH3 is 2. The zero-order valence-corrected chi connectivity index (χ0v) is 15.6. The Balaban J connectivity index is 1.77. The molecule has 0 spiro atoms. The number of pyridine rings is 1. The largest absolute Gasteiger partial charge is 0.493 e. The molecular weight excluding hydrogens is 366 g/mol. The van der Waals surface area contributed by atoms with E-state index in [0.29, 0.717) is 33.6 Å². The number of amides is 1. The molecule has 27 heavy (non-hydrogen) atoms. The number of nitrogens with zero attached hydrogens (tertiary/aromatic N) is 1. The topological polar surface area (TPSA) is 72.5 Å². The maximum Gasteiger partial charge on any atom is 0.255 e. The van der Waals surface area contributed by atoms with Crippen molar-refractivity contribution in [3.05, 3.63) is 71.4 Å². The van der Waals surface area contributed by atoms with Crippen LogP contribution in [-0.4, -0.2) is 25.1 Å². The Hall–Kier alpha value is -3.25. The molecule has 0 aliphatic carbocycles. The number of halogens is 1. The van der Waals surface area contributed by atoms with Gasteiger partial charge in [0, 0.05) is 23.5 Å². The van der Waals surface area contributed by atoms with Crippen LogP contribution < -0.4 is 20.1 Å². The first-order valence-electron chi connectivity index (χ1n) is 8.11. The second kappa shape index (κ2) is 8.42.